The first kappa shape index (κ1) is 14.6. The summed E-state index contributed by atoms with van der Waals surface area (Å²) in [5, 5.41) is 0. The maximum absolute atomic E-state index is 4.30. The van der Waals surface area contributed by atoms with Crippen LogP contribution in [0.5, 0.6) is 0 Å². The van der Waals surface area contributed by atoms with Crippen molar-refractivity contribution in [2.75, 3.05) is 5.75 Å². The Bertz CT molecular complexity index is 320. The Labute approximate surface area is 111 Å². The summed E-state index contributed by atoms with van der Waals surface area (Å²) in [6.45, 7) is 17.6. The van der Waals surface area contributed by atoms with Crippen LogP contribution in [0.3, 0.4) is 0 Å². The lowest BCUT2D eigenvalue weighted by Crippen LogP contribution is -2.13. The van der Waals surface area contributed by atoms with Crippen LogP contribution in [0.25, 0.3) is 0 Å². The van der Waals surface area contributed by atoms with Gasteiger partial charge >= 0.3 is 0 Å². The second kappa shape index (κ2) is 6.49. The molecule has 0 aromatic carbocycles. The van der Waals surface area contributed by atoms with Crippen molar-refractivity contribution in [3.8, 4) is 0 Å². The molecule has 0 aromatic rings. The molecule has 0 aromatic heterocycles. The Morgan fingerprint density at radius 1 is 1.35 bits per heavy atom. The molecule has 96 valence electrons. The van der Waals surface area contributed by atoms with Gasteiger partial charge in [0.05, 0.1) is 0 Å². The van der Waals surface area contributed by atoms with Gasteiger partial charge in [-0.05, 0) is 36.2 Å². The van der Waals surface area contributed by atoms with E-state index >= 15 is 0 Å². The highest BCUT2D eigenvalue weighted by atomic mass is 32.2. The molecule has 1 heterocycles. The molecule has 0 nitrogen and oxygen atoms in total. The zero-order valence-electron chi connectivity index (χ0n) is 11.8. The van der Waals surface area contributed by atoms with Gasteiger partial charge in [0.2, 0.25) is 0 Å². The van der Waals surface area contributed by atoms with Gasteiger partial charge in [0, 0.05) is 10.7 Å². The number of allylic oxidation sites excluding steroid dienone is 3. The van der Waals surface area contributed by atoms with Gasteiger partial charge in [-0.15, -0.1) is 11.8 Å². The minimum Gasteiger partial charge on any atom is -0.126 e. The van der Waals surface area contributed by atoms with Gasteiger partial charge in [0.25, 0.3) is 0 Å². The molecular weight excluding hydrogens is 224 g/mol. The van der Waals surface area contributed by atoms with Crippen molar-refractivity contribution in [3.05, 3.63) is 35.3 Å². The van der Waals surface area contributed by atoms with Crippen LogP contribution in [0.15, 0.2) is 35.3 Å². The fourth-order valence-electron chi connectivity index (χ4n) is 2.36. The maximum Gasteiger partial charge on any atom is 0.00326 e. The van der Waals surface area contributed by atoms with Crippen molar-refractivity contribution in [1.29, 1.82) is 0 Å². The predicted octanol–water partition coefficient (Wildman–Crippen LogP) is 5.44. The fourth-order valence-corrected chi connectivity index (χ4v) is 3.27. The highest BCUT2D eigenvalue weighted by Crippen LogP contribution is 2.36. The third-order valence-electron chi connectivity index (χ3n) is 3.37. The number of hydrogen-bond donors (Lipinski definition) is 0. The third-order valence-corrected chi connectivity index (χ3v) is 4.39. The molecule has 1 unspecified atom stereocenters. The minimum absolute atomic E-state index is 0.612. The smallest absolute Gasteiger partial charge is 0.00326 e. The van der Waals surface area contributed by atoms with Gasteiger partial charge in [-0.2, -0.15) is 0 Å². The van der Waals surface area contributed by atoms with E-state index in [2.05, 4.69) is 46.9 Å². The van der Waals surface area contributed by atoms with E-state index in [9.17, 15) is 0 Å². The molecule has 0 N–H and O–H groups in total. The van der Waals surface area contributed by atoms with Crippen LogP contribution in [0.1, 0.15) is 40.5 Å². The summed E-state index contributed by atoms with van der Waals surface area (Å²) in [7, 11) is 0. The van der Waals surface area contributed by atoms with Crippen molar-refractivity contribution in [2.24, 2.45) is 17.8 Å². The Hall–Kier alpha value is -0.430. The Morgan fingerprint density at radius 3 is 2.41 bits per heavy atom. The molecule has 1 atom stereocenters. The van der Waals surface area contributed by atoms with Gasteiger partial charge in [0.15, 0.2) is 0 Å². The lowest BCUT2D eigenvalue weighted by molar-refractivity contribution is 0.369. The van der Waals surface area contributed by atoms with Crippen molar-refractivity contribution >= 4 is 11.8 Å². The van der Waals surface area contributed by atoms with E-state index in [-0.39, 0.29) is 0 Å². The van der Waals surface area contributed by atoms with Crippen molar-refractivity contribution in [3.63, 3.8) is 0 Å². The van der Waals surface area contributed by atoms with E-state index < -0.39 is 0 Å². The zero-order valence-corrected chi connectivity index (χ0v) is 12.6. The second-order valence-corrected chi connectivity index (χ2v) is 6.94. The SMILES string of the molecule is C=C1SCCC1=CC(=C)C(CC(C)C)C(C)C. The van der Waals surface area contributed by atoms with Gasteiger partial charge < -0.3 is 0 Å². The number of hydrogen-bond acceptors (Lipinski definition) is 1. The lowest BCUT2D eigenvalue weighted by Gasteiger charge is -2.24. The van der Waals surface area contributed by atoms with Crippen molar-refractivity contribution in [1.82, 2.24) is 0 Å². The summed E-state index contributed by atoms with van der Waals surface area (Å²) in [6.07, 6.45) is 4.70. The summed E-state index contributed by atoms with van der Waals surface area (Å²) in [4.78, 5) is 1.25. The molecule has 1 aliphatic rings. The molecule has 0 spiro atoms. The normalized spacial score (nSPS) is 20.6. The standard InChI is InChI=1S/C16H26S/c1-11(2)9-16(12(3)4)13(5)10-15-7-8-17-14(15)6/h10-12,16H,5-9H2,1-4H3. The largest absolute Gasteiger partial charge is 0.126 e. The van der Waals surface area contributed by atoms with Crippen molar-refractivity contribution < 1.29 is 0 Å². The van der Waals surface area contributed by atoms with E-state index in [4.69, 9.17) is 0 Å². The fraction of sp³-hybridized carbons (Fsp3) is 0.625. The summed E-state index contributed by atoms with van der Waals surface area (Å²) < 4.78 is 0. The summed E-state index contributed by atoms with van der Waals surface area (Å²) in [6, 6.07) is 0. The van der Waals surface area contributed by atoms with Crippen molar-refractivity contribution in [2.45, 2.75) is 40.5 Å². The molecular formula is C16H26S. The molecule has 1 fully saturated rings. The predicted molar refractivity (Wildman–Crippen MR) is 81.2 cm³/mol. The molecule has 0 amide bonds. The van der Waals surface area contributed by atoms with E-state index in [0.717, 1.165) is 12.3 Å². The monoisotopic (exact) mass is 250 g/mol. The number of rotatable bonds is 5. The number of thioether (sulfide) groups is 1. The van der Waals surface area contributed by atoms with E-state index in [1.54, 1.807) is 0 Å². The van der Waals surface area contributed by atoms with Crippen LogP contribution >= 0.6 is 11.8 Å². The minimum atomic E-state index is 0.612. The molecule has 0 radical (unpaired) electrons. The molecule has 1 heteroatoms. The third kappa shape index (κ3) is 4.39. The molecule has 17 heavy (non-hydrogen) atoms. The summed E-state index contributed by atoms with van der Waals surface area (Å²) in [5.41, 5.74) is 2.71. The topological polar surface area (TPSA) is 0 Å². The van der Waals surface area contributed by atoms with Crippen LogP contribution in [0.4, 0.5) is 0 Å². The van der Waals surface area contributed by atoms with Crippen LogP contribution in [0.2, 0.25) is 0 Å². The van der Waals surface area contributed by atoms with Crippen LogP contribution < -0.4 is 0 Å². The highest BCUT2D eigenvalue weighted by Gasteiger charge is 2.19. The first-order valence-corrected chi connectivity index (χ1v) is 7.61. The Morgan fingerprint density at radius 2 is 2.00 bits per heavy atom. The Kier molecular flexibility index (Phi) is 5.58. The molecule has 1 rings (SSSR count). The van der Waals surface area contributed by atoms with E-state index in [1.807, 2.05) is 11.8 Å². The average Bonchev–Trinajstić information content (AvgIpc) is 2.60. The first-order chi connectivity index (χ1) is 7.91. The summed E-state index contributed by atoms with van der Waals surface area (Å²) in [5.74, 6) is 3.21. The van der Waals surface area contributed by atoms with Gasteiger partial charge in [0.1, 0.15) is 0 Å². The molecule has 1 saturated heterocycles. The van der Waals surface area contributed by atoms with Gasteiger partial charge in [-0.1, -0.05) is 52.5 Å². The lowest BCUT2D eigenvalue weighted by atomic mass is 9.82. The maximum atomic E-state index is 4.30. The second-order valence-electron chi connectivity index (χ2n) is 5.75. The van der Waals surface area contributed by atoms with Crippen LogP contribution in [-0.4, -0.2) is 5.75 Å². The van der Waals surface area contributed by atoms with Gasteiger partial charge in [-0.3, -0.25) is 0 Å². The Balaban J connectivity index is 2.74. The average molecular weight is 250 g/mol. The zero-order chi connectivity index (χ0) is 13.0. The molecule has 1 aliphatic heterocycles. The van der Waals surface area contributed by atoms with Crippen LogP contribution in [-0.2, 0) is 0 Å². The first-order valence-electron chi connectivity index (χ1n) is 6.63. The van der Waals surface area contributed by atoms with E-state index in [1.165, 1.54) is 28.2 Å². The summed E-state index contributed by atoms with van der Waals surface area (Å²) >= 11 is 1.88. The quantitative estimate of drug-likeness (QED) is 0.626. The molecule has 0 bridgehead atoms. The van der Waals surface area contributed by atoms with Gasteiger partial charge in [-0.25, -0.2) is 0 Å². The molecule has 0 aliphatic carbocycles. The van der Waals surface area contributed by atoms with E-state index in [0.29, 0.717) is 11.8 Å². The highest BCUT2D eigenvalue weighted by molar-refractivity contribution is 8.03. The van der Waals surface area contributed by atoms with Crippen LogP contribution in [0, 0.1) is 17.8 Å². The molecule has 0 saturated carbocycles.